The van der Waals surface area contributed by atoms with Crippen LogP contribution in [0.4, 0.5) is 13.2 Å². The fourth-order valence-electron chi connectivity index (χ4n) is 2.15. The Morgan fingerprint density at radius 1 is 1.17 bits per heavy atom. The molecule has 23 heavy (non-hydrogen) atoms. The number of nitrogens with zero attached hydrogens (tertiary/aromatic N) is 4. The van der Waals surface area contributed by atoms with E-state index in [4.69, 9.17) is 0 Å². The van der Waals surface area contributed by atoms with Gasteiger partial charge in [0.25, 0.3) is 5.56 Å². The number of alkyl halides is 3. The largest absolute Gasteiger partial charge is 0.409 e. The summed E-state index contributed by atoms with van der Waals surface area (Å²) in [6.07, 6.45) is 2.91. The van der Waals surface area contributed by atoms with Crippen LogP contribution in [0.2, 0.25) is 0 Å². The maximum Gasteiger partial charge on any atom is 0.409 e. The highest BCUT2D eigenvalue weighted by atomic mass is 19.4. The van der Waals surface area contributed by atoms with Crippen molar-refractivity contribution in [3.63, 3.8) is 0 Å². The van der Waals surface area contributed by atoms with Gasteiger partial charge in [0.1, 0.15) is 0 Å². The van der Waals surface area contributed by atoms with Crippen LogP contribution in [0.15, 0.2) is 59.9 Å². The van der Waals surface area contributed by atoms with Crippen LogP contribution < -0.4 is 5.56 Å². The van der Waals surface area contributed by atoms with Crippen molar-refractivity contribution in [2.75, 3.05) is 0 Å². The molecule has 0 spiro atoms. The lowest BCUT2D eigenvalue weighted by Gasteiger charge is -2.04. The summed E-state index contributed by atoms with van der Waals surface area (Å²) in [4.78, 5) is 20.4. The number of allylic oxidation sites excluding steroid dienone is 2. The third kappa shape index (κ3) is 3.31. The normalized spacial score (nSPS) is 12.3. The molecule has 118 valence electrons. The fourth-order valence-corrected chi connectivity index (χ4v) is 2.15. The van der Waals surface area contributed by atoms with E-state index < -0.39 is 6.18 Å². The second kappa shape index (κ2) is 5.71. The first-order valence-corrected chi connectivity index (χ1v) is 6.67. The van der Waals surface area contributed by atoms with E-state index in [-0.39, 0.29) is 24.0 Å². The Labute approximate surface area is 128 Å². The summed E-state index contributed by atoms with van der Waals surface area (Å²) in [7, 11) is 0. The predicted molar refractivity (Wildman–Crippen MR) is 77.9 cm³/mol. The lowest BCUT2D eigenvalue weighted by Crippen LogP contribution is -2.14. The Bertz CT molecular complexity index is 910. The number of hydrogen-bond acceptors (Lipinski definition) is 3. The Kier molecular flexibility index (Phi) is 3.73. The minimum Gasteiger partial charge on any atom is -0.313 e. The quantitative estimate of drug-likeness (QED) is 0.697. The minimum atomic E-state index is -4.37. The number of hydrogen-bond donors (Lipinski definition) is 0. The first kappa shape index (κ1) is 15.0. The molecule has 0 aliphatic heterocycles. The van der Waals surface area contributed by atoms with E-state index in [2.05, 4.69) is 9.97 Å². The molecule has 0 saturated heterocycles. The summed E-state index contributed by atoms with van der Waals surface area (Å²) in [6, 6.07) is 4.78. The molecule has 0 N–H and O–H groups in total. The van der Waals surface area contributed by atoms with Crippen molar-refractivity contribution in [1.82, 2.24) is 18.9 Å². The van der Waals surface area contributed by atoms with Crippen molar-refractivity contribution < 1.29 is 13.2 Å². The molecule has 0 unspecified atom stereocenters. The average molecular weight is 320 g/mol. The van der Waals surface area contributed by atoms with Crippen LogP contribution in [0, 0.1) is 0 Å². The molecule has 3 heterocycles. The van der Waals surface area contributed by atoms with Crippen LogP contribution in [-0.4, -0.2) is 25.1 Å². The number of aromatic nitrogens is 4. The molecular formula is C15H11F3N4O. The summed E-state index contributed by atoms with van der Waals surface area (Å²) in [5, 5.41) is 0. The van der Waals surface area contributed by atoms with Gasteiger partial charge in [-0.1, -0.05) is 6.08 Å². The average Bonchev–Trinajstić information content (AvgIpc) is 2.91. The van der Waals surface area contributed by atoms with Gasteiger partial charge in [-0.3, -0.25) is 14.2 Å². The second-order valence-electron chi connectivity index (χ2n) is 4.78. The zero-order valence-corrected chi connectivity index (χ0v) is 11.7. The molecule has 3 aromatic heterocycles. The molecule has 3 aromatic rings. The highest BCUT2D eigenvalue weighted by Gasteiger charge is 2.21. The van der Waals surface area contributed by atoms with E-state index in [0.29, 0.717) is 11.3 Å². The fraction of sp³-hybridized carbons (Fsp3) is 0.133. The van der Waals surface area contributed by atoms with Gasteiger partial charge < -0.3 is 4.57 Å². The monoisotopic (exact) mass is 320 g/mol. The first-order valence-electron chi connectivity index (χ1n) is 6.67. The number of fused-ring (bicyclic) bond motifs is 1. The molecule has 0 radical (unpaired) electrons. The number of halogens is 3. The number of pyridine rings is 1. The van der Waals surface area contributed by atoms with Gasteiger partial charge >= 0.3 is 6.18 Å². The summed E-state index contributed by atoms with van der Waals surface area (Å²) in [5.74, 6) is 0.274. The second-order valence-corrected chi connectivity index (χ2v) is 4.78. The molecule has 0 fully saturated rings. The van der Waals surface area contributed by atoms with Crippen molar-refractivity contribution >= 4 is 5.78 Å². The molecule has 0 aliphatic rings. The van der Waals surface area contributed by atoms with E-state index in [9.17, 15) is 18.0 Å². The highest BCUT2D eigenvalue weighted by Crippen LogP contribution is 2.17. The zero-order chi connectivity index (χ0) is 16.4. The summed E-state index contributed by atoms with van der Waals surface area (Å²) < 4.78 is 39.3. The topological polar surface area (TPSA) is 52.2 Å². The molecule has 3 rings (SSSR count). The summed E-state index contributed by atoms with van der Waals surface area (Å²) in [5.41, 5.74) is 0.843. The van der Waals surface area contributed by atoms with Gasteiger partial charge in [0.2, 0.25) is 5.78 Å². The van der Waals surface area contributed by atoms with Gasteiger partial charge in [0, 0.05) is 49.0 Å². The van der Waals surface area contributed by atoms with Crippen molar-refractivity contribution in [3.8, 4) is 11.3 Å². The predicted octanol–water partition coefficient (Wildman–Crippen LogP) is 2.68. The Morgan fingerprint density at radius 3 is 2.61 bits per heavy atom. The lowest BCUT2D eigenvalue weighted by molar-refractivity contribution is -0.0800. The summed E-state index contributed by atoms with van der Waals surface area (Å²) in [6.45, 7) is -0.0394. The third-order valence-corrected chi connectivity index (χ3v) is 3.17. The van der Waals surface area contributed by atoms with Gasteiger partial charge in [0.15, 0.2) is 0 Å². The van der Waals surface area contributed by atoms with Crippen LogP contribution in [-0.2, 0) is 6.54 Å². The molecule has 0 aromatic carbocycles. The number of imidazole rings is 1. The van der Waals surface area contributed by atoms with Gasteiger partial charge in [0.05, 0.1) is 5.69 Å². The third-order valence-electron chi connectivity index (χ3n) is 3.17. The van der Waals surface area contributed by atoms with Gasteiger partial charge in [-0.2, -0.15) is 13.2 Å². The van der Waals surface area contributed by atoms with Crippen LogP contribution >= 0.6 is 0 Å². The molecule has 0 saturated carbocycles. The summed E-state index contributed by atoms with van der Waals surface area (Å²) >= 11 is 0. The maximum atomic E-state index is 12.2. The van der Waals surface area contributed by atoms with Crippen molar-refractivity contribution in [3.05, 3.63) is 65.5 Å². The molecule has 5 nitrogen and oxygen atoms in total. The highest BCUT2D eigenvalue weighted by molar-refractivity contribution is 5.59. The molecular weight excluding hydrogens is 309 g/mol. The molecule has 0 aliphatic carbocycles. The van der Waals surface area contributed by atoms with Crippen LogP contribution in [0.3, 0.4) is 0 Å². The van der Waals surface area contributed by atoms with Gasteiger partial charge in [-0.15, -0.1) is 0 Å². The Morgan fingerprint density at radius 2 is 1.91 bits per heavy atom. The van der Waals surface area contributed by atoms with E-state index in [1.54, 1.807) is 24.5 Å². The van der Waals surface area contributed by atoms with Crippen molar-refractivity contribution in [2.45, 2.75) is 12.7 Å². The van der Waals surface area contributed by atoms with Crippen LogP contribution in [0.1, 0.15) is 0 Å². The van der Waals surface area contributed by atoms with Crippen molar-refractivity contribution in [2.24, 2.45) is 0 Å². The van der Waals surface area contributed by atoms with Gasteiger partial charge in [-0.25, -0.2) is 4.98 Å². The van der Waals surface area contributed by atoms with Gasteiger partial charge in [-0.05, 0) is 12.1 Å². The van der Waals surface area contributed by atoms with Crippen LogP contribution in [0.5, 0.6) is 0 Å². The van der Waals surface area contributed by atoms with Crippen LogP contribution in [0.25, 0.3) is 17.0 Å². The van der Waals surface area contributed by atoms with E-state index in [0.717, 1.165) is 6.08 Å². The standard InChI is InChI=1S/C15H11F3N4O/c16-15(17,18)4-1-7-21-8-9-22-13(23)10-12(20-14(21)22)11-2-5-19-6-3-11/h1-6,8-10H,7H2/b4-1+. The van der Waals surface area contributed by atoms with E-state index in [1.807, 2.05) is 0 Å². The Balaban J connectivity index is 2.03. The molecule has 0 amide bonds. The minimum absolute atomic E-state index is 0.0394. The van der Waals surface area contributed by atoms with E-state index >= 15 is 0 Å². The smallest absolute Gasteiger partial charge is 0.313 e. The lowest BCUT2D eigenvalue weighted by atomic mass is 10.2. The zero-order valence-electron chi connectivity index (χ0n) is 11.7. The molecule has 0 bridgehead atoms. The molecule has 8 heteroatoms. The maximum absolute atomic E-state index is 12.2. The Hall–Kier alpha value is -2.90. The van der Waals surface area contributed by atoms with E-state index in [1.165, 1.54) is 27.4 Å². The first-order chi connectivity index (χ1) is 10.9. The number of rotatable bonds is 3. The SMILES string of the molecule is O=c1cc(-c2ccncc2)nc2n(C/C=C/C(F)(F)F)ccn12. The molecule has 0 atom stereocenters. The van der Waals surface area contributed by atoms with Crippen molar-refractivity contribution in [1.29, 1.82) is 0 Å².